The first kappa shape index (κ1) is 12.1. The zero-order chi connectivity index (χ0) is 13.6. The van der Waals surface area contributed by atoms with Gasteiger partial charge in [-0.15, -0.1) is 0 Å². The summed E-state index contributed by atoms with van der Waals surface area (Å²) < 4.78 is 2.02. The lowest BCUT2D eigenvalue weighted by atomic mass is 10.1. The highest BCUT2D eigenvalue weighted by Crippen LogP contribution is 2.26. The fourth-order valence-corrected chi connectivity index (χ4v) is 2.33. The number of anilines is 1. The Hall–Kier alpha value is -2.00. The number of nitrogens with zero attached hydrogens (tertiary/aromatic N) is 2. The molecule has 0 aliphatic rings. The van der Waals surface area contributed by atoms with Crippen LogP contribution in [0.3, 0.4) is 0 Å². The third-order valence-corrected chi connectivity index (χ3v) is 3.62. The Morgan fingerprint density at radius 3 is 2.53 bits per heavy atom. The number of halogens is 1. The van der Waals surface area contributed by atoms with Crippen molar-refractivity contribution in [1.29, 1.82) is 0 Å². The predicted octanol–water partition coefficient (Wildman–Crippen LogP) is 3.85. The van der Waals surface area contributed by atoms with E-state index < -0.39 is 0 Å². The molecule has 0 aliphatic carbocycles. The number of hydrogen-bond donors (Lipinski definition) is 1. The predicted molar refractivity (Wildman–Crippen MR) is 79.5 cm³/mol. The van der Waals surface area contributed by atoms with Crippen molar-refractivity contribution >= 4 is 22.9 Å². The smallest absolute Gasteiger partial charge is 0.138 e. The summed E-state index contributed by atoms with van der Waals surface area (Å²) in [4.78, 5) is 4.68. The summed E-state index contributed by atoms with van der Waals surface area (Å²) in [6, 6.07) is 9.71. The number of nitrogens with two attached hydrogens (primary N) is 1. The molecule has 0 spiro atoms. The maximum absolute atomic E-state index is 5.96. The van der Waals surface area contributed by atoms with E-state index in [0.717, 1.165) is 38.9 Å². The van der Waals surface area contributed by atoms with E-state index in [0.29, 0.717) is 0 Å². The lowest BCUT2D eigenvalue weighted by Crippen LogP contribution is -1.95. The van der Waals surface area contributed by atoms with Crippen molar-refractivity contribution in [3.05, 3.63) is 52.8 Å². The Morgan fingerprint density at radius 1 is 1.16 bits per heavy atom. The normalized spacial score (nSPS) is 11.1. The first-order valence-corrected chi connectivity index (χ1v) is 6.45. The Balaban J connectivity index is 2.25. The summed E-state index contributed by atoms with van der Waals surface area (Å²) in [7, 11) is 0. The van der Waals surface area contributed by atoms with Crippen LogP contribution in [0.1, 0.15) is 11.3 Å². The highest BCUT2D eigenvalue weighted by atomic mass is 35.5. The van der Waals surface area contributed by atoms with E-state index in [1.807, 2.05) is 54.8 Å². The zero-order valence-electron chi connectivity index (χ0n) is 10.8. The van der Waals surface area contributed by atoms with Crippen LogP contribution in [0.25, 0.3) is 16.9 Å². The molecule has 0 unspecified atom stereocenters. The van der Waals surface area contributed by atoms with Crippen LogP contribution in [0.15, 0.2) is 36.5 Å². The average Bonchev–Trinajstić information content (AvgIpc) is 2.69. The summed E-state index contributed by atoms with van der Waals surface area (Å²) in [6.07, 6.45) is 1.92. The highest BCUT2D eigenvalue weighted by molar-refractivity contribution is 6.30. The molecule has 0 radical (unpaired) electrons. The number of hydrogen-bond acceptors (Lipinski definition) is 2. The van der Waals surface area contributed by atoms with Gasteiger partial charge in [-0.05, 0) is 37.6 Å². The molecule has 3 aromatic rings. The van der Waals surface area contributed by atoms with Gasteiger partial charge in [0.05, 0.1) is 11.4 Å². The van der Waals surface area contributed by atoms with Crippen LogP contribution in [-0.2, 0) is 0 Å². The summed E-state index contributed by atoms with van der Waals surface area (Å²) in [5.74, 6) is 0. The highest BCUT2D eigenvalue weighted by Gasteiger charge is 2.11. The maximum Gasteiger partial charge on any atom is 0.138 e. The lowest BCUT2D eigenvalue weighted by Gasteiger charge is -2.02. The molecule has 0 saturated carbocycles. The number of imidazole rings is 1. The summed E-state index contributed by atoms with van der Waals surface area (Å²) in [5, 5.41) is 0.727. The second kappa shape index (κ2) is 4.28. The van der Waals surface area contributed by atoms with Crippen molar-refractivity contribution in [2.24, 2.45) is 0 Å². The minimum Gasteiger partial charge on any atom is -0.397 e. The Labute approximate surface area is 116 Å². The van der Waals surface area contributed by atoms with Crippen LogP contribution < -0.4 is 5.73 Å². The fraction of sp³-hybridized carbons (Fsp3) is 0.133. The molecule has 2 aromatic heterocycles. The van der Waals surface area contributed by atoms with Gasteiger partial charge in [0.2, 0.25) is 0 Å². The summed E-state index contributed by atoms with van der Waals surface area (Å²) >= 11 is 5.92. The van der Waals surface area contributed by atoms with E-state index in [2.05, 4.69) is 4.98 Å². The van der Waals surface area contributed by atoms with Crippen LogP contribution in [0.4, 0.5) is 5.69 Å². The SMILES string of the molecule is Cc1cc2nc(-c3ccc(Cl)cc3)c(C)n2cc1N. The number of aromatic nitrogens is 2. The van der Waals surface area contributed by atoms with Crippen LogP contribution in [-0.4, -0.2) is 9.38 Å². The number of aryl methyl sites for hydroxylation is 2. The number of fused-ring (bicyclic) bond motifs is 1. The number of pyridine rings is 1. The molecule has 1 aromatic carbocycles. The monoisotopic (exact) mass is 271 g/mol. The molecule has 2 heterocycles. The molecule has 0 saturated heterocycles. The summed E-state index contributed by atoms with van der Waals surface area (Å²) in [5.41, 5.74) is 11.8. The van der Waals surface area contributed by atoms with Crippen LogP contribution in [0, 0.1) is 13.8 Å². The molecule has 0 amide bonds. The first-order valence-electron chi connectivity index (χ1n) is 6.07. The second-order valence-corrected chi connectivity index (χ2v) is 5.13. The quantitative estimate of drug-likeness (QED) is 0.730. The minimum atomic E-state index is 0.727. The van der Waals surface area contributed by atoms with Crippen molar-refractivity contribution < 1.29 is 0 Å². The van der Waals surface area contributed by atoms with E-state index in [1.54, 1.807) is 0 Å². The maximum atomic E-state index is 5.96. The molecule has 2 N–H and O–H groups in total. The van der Waals surface area contributed by atoms with Gasteiger partial charge < -0.3 is 10.1 Å². The Kier molecular flexibility index (Phi) is 2.72. The largest absolute Gasteiger partial charge is 0.397 e. The van der Waals surface area contributed by atoms with Gasteiger partial charge in [0, 0.05) is 22.5 Å². The third-order valence-electron chi connectivity index (χ3n) is 3.36. The van der Waals surface area contributed by atoms with E-state index in [4.69, 9.17) is 17.3 Å². The van der Waals surface area contributed by atoms with Crippen LogP contribution in [0.5, 0.6) is 0 Å². The van der Waals surface area contributed by atoms with Gasteiger partial charge in [-0.2, -0.15) is 0 Å². The molecule has 0 bridgehead atoms. The van der Waals surface area contributed by atoms with Crippen molar-refractivity contribution in [3.63, 3.8) is 0 Å². The molecule has 19 heavy (non-hydrogen) atoms. The van der Waals surface area contributed by atoms with Gasteiger partial charge in [-0.1, -0.05) is 23.7 Å². The molecule has 3 nitrogen and oxygen atoms in total. The van der Waals surface area contributed by atoms with Gasteiger partial charge in [0.1, 0.15) is 5.65 Å². The van der Waals surface area contributed by atoms with E-state index in [9.17, 15) is 0 Å². The molecule has 0 fully saturated rings. The molecule has 0 atom stereocenters. The first-order chi connectivity index (χ1) is 9.06. The summed E-state index contributed by atoms with van der Waals surface area (Å²) in [6.45, 7) is 4.03. The van der Waals surface area contributed by atoms with Gasteiger partial charge in [-0.25, -0.2) is 4.98 Å². The van der Waals surface area contributed by atoms with Crippen LogP contribution >= 0.6 is 11.6 Å². The van der Waals surface area contributed by atoms with Gasteiger partial charge in [0.25, 0.3) is 0 Å². The lowest BCUT2D eigenvalue weighted by molar-refractivity contribution is 1.11. The number of rotatable bonds is 1. The molecule has 3 rings (SSSR count). The standard InChI is InChI=1S/C15H14ClN3/c1-9-7-14-18-15(10(2)19(14)8-13(9)17)11-3-5-12(16)6-4-11/h3-8H,17H2,1-2H3. The average molecular weight is 272 g/mol. The second-order valence-electron chi connectivity index (χ2n) is 4.69. The minimum absolute atomic E-state index is 0.727. The van der Waals surface area contributed by atoms with E-state index in [-0.39, 0.29) is 0 Å². The number of benzene rings is 1. The zero-order valence-corrected chi connectivity index (χ0v) is 11.6. The van der Waals surface area contributed by atoms with Crippen molar-refractivity contribution in [2.75, 3.05) is 5.73 Å². The number of nitrogen functional groups attached to an aromatic ring is 1. The van der Waals surface area contributed by atoms with Crippen molar-refractivity contribution in [2.45, 2.75) is 13.8 Å². The van der Waals surface area contributed by atoms with Crippen molar-refractivity contribution in [1.82, 2.24) is 9.38 Å². The van der Waals surface area contributed by atoms with Gasteiger partial charge >= 0.3 is 0 Å². The van der Waals surface area contributed by atoms with Crippen LogP contribution in [0.2, 0.25) is 5.02 Å². The molecule has 0 aliphatic heterocycles. The molecular formula is C15H14ClN3. The molecule has 4 heteroatoms. The van der Waals surface area contributed by atoms with E-state index >= 15 is 0 Å². The van der Waals surface area contributed by atoms with Gasteiger partial charge in [-0.3, -0.25) is 0 Å². The van der Waals surface area contributed by atoms with Crippen molar-refractivity contribution in [3.8, 4) is 11.3 Å². The molecule has 96 valence electrons. The molecular weight excluding hydrogens is 258 g/mol. The van der Waals surface area contributed by atoms with E-state index in [1.165, 1.54) is 0 Å². The third kappa shape index (κ3) is 1.96. The Morgan fingerprint density at radius 2 is 1.84 bits per heavy atom. The Bertz CT molecular complexity index is 757. The topological polar surface area (TPSA) is 43.3 Å². The van der Waals surface area contributed by atoms with Gasteiger partial charge in [0.15, 0.2) is 0 Å². The fourth-order valence-electron chi connectivity index (χ4n) is 2.20.